The number of nitrogens with zero attached hydrogens (tertiary/aromatic N) is 1. The molecular formula is C18H17F3N2O3S. The van der Waals surface area contributed by atoms with Crippen molar-refractivity contribution in [3.8, 4) is 0 Å². The fourth-order valence-corrected chi connectivity index (χ4v) is 3.34. The number of aryl methyl sites for hydroxylation is 2. The van der Waals surface area contributed by atoms with Crippen LogP contribution >= 0.6 is 11.8 Å². The van der Waals surface area contributed by atoms with Crippen molar-refractivity contribution < 1.29 is 22.9 Å². The summed E-state index contributed by atoms with van der Waals surface area (Å²) in [7, 11) is 0. The molecule has 0 fully saturated rings. The summed E-state index contributed by atoms with van der Waals surface area (Å²) in [5.74, 6) is -0.626. The number of hydrogen-bond acceptors (Lipinski definition) is 4. The predicted molar refractivity (Wildman–Crippen MR) is 98.0 cm³/mol. The Morgan fingerprint density at radius 2 is 1.85 bits per heavy atom. The fraction of sp³-hybridized carbons (Fsp3) is 0.278. The smallest absolute Gasteiger partial charge is 0.325 e. The lowest BCUT2D eigenvalue weighted by Crippen LogP contribution is -2.24. The van der Waals surface area contributed by atoms with Gasteiger partial charge in [-0.25, -0.2) is 0 Å². The van der Waals surface area contributed by atoms with E-state index in [0.717, 1.165) is 28.2 Å². The second kappa shape index (κ2) is 7.99. The lowest BCUT2D eigenvalue weighted by atomic mass is 10.1. The molecule has 27 heavy (non-hydrogen) atoms. The minimum absolute atomic E-state index is 0.414. The molecule has 0 heterocycles. The van der Waals surface area contributed by atoms with E-state index in [0.29, 0.717) is 6.07 Å². The number of carbonyl (C=O) groups excluding carboxylic acids is 1. The molecule has 1 amide bonds. The Kier molecular flexibility index (Phi) is 6.15. The Morgan fingerprint density at radius 3 is 2.41 bits per heavy atom. The third-order valence-electron chi connectivity index (χ3n) is 3.78. The highest BCUT2D eigenvalue weighted by Gasteiger charge is 2.36. The topological polar surface area (TPSA) is 72.2 Å². The molecule has 9 heteroatoms. The molecule has 2 aromatic carbocycles. The number of benzene rings is 2. The number of hydrogen-bond donors (Lipinski definition) is 1. The standard InChI is InChI=1S/C18H17F3N2O3S/c1-10-4-7-16(11(2)8-10)27-12(3)17(24)22-15-6-5-13(23(25)26)9-14(15)18(19,20)21/h4-9,12H,1-3H3,(H,22,24)/t12-/m0/s1. The number of carbonyl (C=O) groups is 1. The summed E-state index contributed by atoms with van der Waals surface area (Å²) < 4.78 is 39.6. The minimum Gasteiger partial charge on any atom is -0.325 e. The summed E-state index contributed by atoms with van der Waals surface area (Å²) in [4.78, 5) is 23.0. The highest BCUT2D eigenvalue weighted by Crippen LogP contribution is 2.37. The number of non-ortho nitro benzene ring substituents is 1. The maximum atomic E-state index is 13.2. The van der Waals surface area contributed by atoms with Crippen LogP contribution in [0.1, 0.15) is 23.6 Å². The van der Waals surface area contributed by atoms with Crippen LogP contribution in [0.4, 0.5) is 24.5 Å². The third-order valence-corrected chi connectivity index (χ3v) is 5.06. The first kappa shape index (κ1) is 20.8. The largest absolute Gasteiger partial charge is 0.418 e. The molecule has 0 aliphatic carbocycles. The van der Waals surface area contributed by atoms with Crippen molar-refractivity contribution in [2.75, 3.05) is 5.32 Å². The number of nitro benzene ring substituents is 1. The van der Waals surface area contributed by atoms with Gasteiger partial charge in [-0.1, -0.05) is 17.7 Å². The fourth-order valence-electron chi connectivity index (χ4n) is 2.40. The van der Waals surface area contributed by atoms with Crippen LogP contribution in [0.15, 0.2) is 41.3 Å². The van der Waals surface area contributed by atoms with Gasteiger partial charge in [0.25, 0.3) is 5.69 Å². The predicted octanol–water partition coefficient (Wildman–Crippen LogP) is 5.35. The zero-order valence-corrected chi connectivity index (χ0v) is 15.6. The van der Waals surface area contributed by atoms with Gasteiger partial charge in [0.1, 0.15) is 0 Å². The van der Waals surface area contributed by atoms with Crippen molar-refractivity contribution in [2.45, 2.75) is 37.1 Å². The van der Waals surface area contributed by atoms with Gasteiger partial charge in [-0.3, -0.25) is 14.9 Å². The van der Waals surface area contributed by atoms with Crippen molar-refractivity contribution >= 4 is 29.0 Å². The lowest BCUT2D eigenvalue weighted by Gasteiger charge is -2.17. The zero-order chi connectivity index (χ0) is 20.4. The van der Waals surface area contributed by atoms with Gasteiger partial charge < -0.3 is 5.32 Å². The molecule has 5 nitrogen and oxygen atoms in total. The Morgan fingerprint density at radius 1 is 1.19 bits per heavy atom. The number of rotatable bonds is 5. The summed E-state index contributed by atoms with van der Waals surface area (Å²) in [6, 6.07) is 7.92. The number of nitrogens with one attached hydrogen (secondary N) is 1. The van der Waals surface area contributed by atoms with Crippen LogP contribution in [0, 0.1) is 24.0 Å². The molecule has 144 valence electrons. The van der Waals surface area contributed by atoms with E-state index in [1.807, 2.05) is 32.0 Å². The van der Waals surface area contributed by atoms with E-state index in [1.54, 1.807) is 6.92 Å². The molecule has 0 saturated heterocycles. The minimum atomic E-state index is -4.83. The van der Waals surface area contributed by atoms with Crippen LogP contribution < -0.4 is 5.32 Å². The molecule has 0 aliphatic rings. The Balaban J connectivity index is 2.22. The van der Waals surface area contributed by atoms with Crippen molar-refractivity contribution in [1.29, 1.82) is 0 Å². The normalized spacial score (nSPS) is 12.5. The van der Waals surface area contributed by atoms with Gasteiger partial charge in [-0.15, -0.1) is 11.8 Å². The second-order valence-corrected chi connectivity index (χ2v) is 7.39. The highest BCUT2D eigenvalue weighted by molar-refractivity contribution is 8.00. The third kappa shape index (κ3) is 5.22. The average molecular weight is 398 g/mol. The molecule has 2 rings (SSSR count). The molecule has 1 N–H and O–H groups in total. The molecule has 0 aromatic heterocycles. The molecule has 0 unspecified atom stereocenters. The van der Waals surface area contributed by atoms with Crippen LogP contribution in [0.3, 0.4) is 0 Å². The average Bonchev–Trinajstić information content (AvgIpc) is 2.56. The molecule has 0 spiro atoms. The Hall–Kier alpha value is -2.55. The molecule has 0 saturated carbocycles. The second-order valence-electron chi connectivity index (χ2n) is 6.00. The van der Waals surface area contributed by atoms with E-state index in [9.17, 15) is 28.1 Å². The van der Waals surface area contributed by atoms with Gasteiger partial charge in [0.15, 0.2) is 0 Å². The molecule has 0 bridgehead atoms. The number of anilines is 1. The van der Waals surface area contributed by atoms with E-state index in [4.69, 9.17) is 0 Å². The first-order valence-corrected chi connectivity index (χ1v) is 8.77. The summed E-state index contributed by atoms with van der Waals surface area (Å²) >= 11 is 1.23. The summed E-state index contributed by atoms with van der Waals surface area (Å²) in [5.41, 5.74) is -0.432. The van der Waals surface area contributed by atoms with Crippen LogP contribution in [0.5, 0.6) is 0 Å². The van der Waals surface area contributed by atoms with Crippen LogP contribution in [-0.4, -0.2) is 16.1 Å². The van der Waals surface area contributed by atoms with Gasteiger partial charge in [0.2, 0.25) is 5.91 Å². The zero-order valence-electron chi connectivity index (χ0n) is 14.8. The van der Waals surface area contributed by atoms with Crippen LogP contribution in [0.2, 0.25) is 0 Å². The maximum absolute atomic E-state index is 13.2. The van der Waals surface area contributed by atoms with Gasteiger partial charge in [-0.05, 0) is 38.5 Å². The number of alkyl halides is 3. The van der Waals surface area contributed by atoms with E-state index in [2.05, 4.69) is 5.32 Å². The molecule has 0 aliphatic heterocycles. The summed E-state index contributed by atoms with van der Waals surface area (Å²) in [6.45, 7) is 5.40. The molecule has 0 radical (unpaired) electrons. The quantitative estimate of drug-likeness (QED) is 0.419. The maximum Gasteiger partial charge on any atom is 0.418 e. The van der Waals surface area contributed by atoms with Gasteiger partial charge in [0.05, 0.1) is 21.4 Å². The first-order chi connectivity index (χ1) is 12.5. The van der Waals surface area contributed by atoms with E-state index in [1.165, 1.54) is 11.8 Å². The summed E-state index contributed by atoms with van der Waals surface area (Å²) in [6.07, 6.45) is -4.83. The molecular weight excluding hydrogens is 381 g/mol. The van der Waals surface area contributed by atoms with Crippen LogP contribution in [0.25, 0.3) is 0 Å². The van der Waals surface area contributed by atoms with Gasteiger partial charge in [-0.2, -0.15) is 13.2 Å². The summed E-state index contributed by atoms with van der Waals surface area (Å²) in [5, 5.41) is 12.3. The van der Waals surface area contributed by atoms with Gasteiger partial charge >= 0.3 is 6.18 Å². The van der Waals surface area contributed by atoms with Crippen molar-refractivity contribution in [3.05, 3.63) is 63.2 Å². The molecule has 2 aromatic rings. The van der Waals surface area contributed by atoms with E-state index < -0.39 is 39.2 Å². The van der Waals surface area contributed by atoms with E-state index >= 15 is 0 Å². The monoisotopic (exact) mass is 398 g/mol. The number of thioether (sulfide) groups is 1. The van der Waals surface area contributed by atoms with Crippen LogP contribution in [-0.2, 0) is 11.0 Å². The highest BCUT2D eigenvalue weighted by atomic mass is 32.2. The van der Waals surface area contributed by atoms with Crippen molar-refractivity contribution in [1.82, 2.24) is 0 Å². The number of nitro groups is 1. The van der Waals surface area contributed by atoms with Gasteiger partial charge in [0, 0.05) is 17.0 Å². The lowest BCUT2D eigenvalue weighted by molar-refractivity contribution is -0.385. The Labute approximate surface area is 158 Å². The molecule has 1 atom stereocenters. The first-order valence-electron chi connectivity index (χ1n) is 7.89. The van der Waals surface area contributed by atoms with Crippen molar-refractivity contribution in [2.24, 2.45) is 0 Å². The number of amides is 1. The van der Waals surface area contributed by atoms with E-state index in [-0.39, 0.29) is 0 Å². The van der Waals surface area contributed by atoms with Crippen molar-refractivity contribution in [3.63, 3.8) is 0 Å². The number of halogens is 3. The SMILES string of the molecule is Cc1ccc(S[C@@H](C)C(=O)Nc2ccc([N+](=O)[O-])cc2C(F)(F)F)c(C)c1. The Bertz CT molecular complexity index is 885.